The fourth-order valence-corrected chi connectivity index (χ4v) is 2.93. The van der Waals surface area contributed by atoms with Crippen molar-refractivity contribution in [3.05, 3.63) is 59.2 Å². The van der Waals surface area contributed by atoms with Gasteiger partial charge in [0.15, 0.2) is 0 Å². The van der Waals surface area contributed by atoms with E-state index >= 15 is 0 Å². The smallest absolute Gasteiger partial charge is 0.254 e. The summed E-state index contributed by atoms with van der Waals surface area (Å²) in [7, 11) is 0. The van der Waals surface area contributed by atoms with Gasteiger partial charge in [0.1, 0.15) is 24.0 Å². The van der Waals surface area contributed by atoms with E-state index in [1.165, 1.54) is 0 Å². The number of nitrogens with one attached hydrogen (secondary N) is 2. The molecule has 0 aliphatic carbocycles. The van der Waals surface area contributed by atoms with Gasteiger partial charge in [-0.2, -0.15) is 0 Å². The minimum Gasteiger partial charge on any atom is -0.489 e. The standard InChI is InChI=1S/C21H22F2N2O4/c1-13-4-7-18(19(9-13)29-12-15-3-2-8-28-15)25-20(26)11-24-21(27)16-6-5-14(22)10-17(16)23/h4-7,9-10,15H,2-3,8,11-12H2,1H3,(H,24,27)(H,25,26). The van der Waals surface area contributed by atoms with Crippen LogP contribution in [-0.2, 0) is 9.53 Å². The van der Waals surface area contributed by atoms with Gasteiger partial charge in [-0.25, -0.2) is 8.78 Å². The van der Waals surface area contributed by atoms with E-state index < -0.39 is 23.4 Å². The molecule has 1 aliphatic heterocycles. The van der Waals surface area contributed by atoms with Gasteiger partial charge in [-0.1, -0.05) is 6.07 Å². The highest BCUT2D eigenvalue weighted by molar-refractivity contribution is 5.99. The van der Waals surface area contributed by atoms with Crippen molar-refractivity contribution in [1.82, 2.24) is 5.32 Å². The molecule has 29 heavy (non-hydrogen) atoms. The fraction of sp³-hybridized carbons (Fsp3) is 0.333. The molecule has 0 spiro atoms. The number of halogens is 2. The molecule has 0 saturated carbocycles. The van der Waals surface area contributed by atoms with Gasteiger partial charge in [-0.05, 0) is 49.6 Å². The Balaban J connectivity index is 1.57. The minimum atomic E-state index is -0.994. The van der Waals surface area contributed by atoms with Crippen molar-refractivity contribution in [2.45, 2.75) is 25.9 Å². The number of ether oxygens (including phenoxy) is 2. The van der Waals surface area contributed by atoms with Crippen LogP contribution in [0.3, 0.4) is 0 Å². The monoisotopic (exact) mass is 404 g/mol. The Kier molecular flexibility index (Phi) is 6.77. The van der Waals surface area contributed by atoms with Gasteiger partial charge >= 0.3 is 0 Å². The molecular formula is C21H22F2N2O4. The Morgan fingerprint density at radius 1 is 1.21 bits per heavy atom. The van der Waals surface area contributed by atoms with Gasteiger partial charge in [-0.15, -0.1) is 0 Å². The highest BCUT2D eigenvalue weighted by atomic mass is 19.1. The first-order chi connectivity index (χ1) is 13.9. The average molecular weight is 404 g/mol. The number of aryl methyl sites for hydroxylation is 1. The third-order valence-corrected chi connectivity index (χ3v) is 4.45. The summed E-state index contributed by atoms with van der Waals surface area (Å²) < 4.78 is 37.9. The van der Waals surface area contributed by atoms with Crippen LogP contribution in [-0.4, -0.2) is 37.7 Å². The Hall–Kier alpha value is -3.00. The van der Waals surface area contributed by atoms with E-state index in [1.54, 1.807) is 12.1 Å². The number of benzene rings is 2. The third-order valence-electron chi connectivity index (χ3n) is 4.45. The van der Waals surface area contributed by atoms with Crippen molar-refractivity contribution >= 4 is 17.5 Å². The summed E-state index contributed by atoms with van der Waals surface area (Å²) in [5.74, 6) is -2.59. The van der Waals surface area contributed by atoms with Gasteiger partial charge in [0.05, 0.1) is 23.9 Å². The summed E-state index contributed by atoms with van der Waals surface area (Å²) in [5, 5.41) is 4.98. The van der Waals surface area contributed by atoms with Crippen LogP contribution >= 0.6 is 0 Å². The fourth-order valence-electron chi connectivity index (χ4n) is 2.93. The molecule has 0 aromatic heterocycles. The topological polar surface area (TPSA) is 76.7 Å². The first-order valence-electron chi connectivity index (χ1n) is 9.30. The maximum Gasteiger partial charge on any atom is 0.254 e. The zero-order chi connectivity index (χ0) is 20.8. The summed E-state index contributed by atoms with van der Waals surface area (Å²) in [6.07, 6.45) is 1.96. The van der Waals surface area contributed by atoms with Crippen LogP contribution in [0.1, 0.15) is 28.8 Å². The zero-order valence-corrected chi connectivity index (χ0v) is 16.0. The summed E-state index contributed by atoms with van der Waals surface area (Å²) in [4.78, 5) is 24.2. The molecular weight excluding hydrogens is 382 g/mol. The Labute approximate surface area is 167 Å². The van der Waals surface area contributed by atoms with Crippen LogP contribution < -0.4 is 15.4 Å². The molecule has 1 aliphatic rings. The maximum absolute atomic E-state index is 13.6. The number of carbonyl (C=O) groups is 2. The Morgan fingerprint density at radius 2 is 2.03 bits per heavy atom. The number of hydrogen-bond donors (Lipinski definition) is 2. The molecule has 2 N–H and O–H groups in total. The van der Waals surface area contributed by atoms with Crippen LogP contribution in [0.2, 0.25) is 0 Å². The summed E-state index contributed by atoms with van der Waals surface area (Å²) in [5.41, 5.74) is 1.08. The van der Waals surface area contributed by atoms with Crippen LogP contribution in [0, 0.1) is 18.6 Å². The van der Waals surface area contributed by atoms with Crippen molar-refractivity contribution in [3.63, 3.8) is 0 Å². The Bertz CT molecular complexity index is 898. The van der Waals surface area contributed by atoms with E-state index in [-0.39, 0.29) is 18.2 Å². The first-order valence-corrected chi connectivity index (χ1v) is 9.30. The Morgan fingerprint density at radius 3 is 2.76 bits per heavy atom. The van der Waals surface area contributed by atoms with E-state index in [0.29, 0.717) is 24.1 Å². The predicted molar refractivity (Wildman–Crippen MR) is 103 cm³/mol. The normalized spacial score (nSPS) is 15.8. The van der Waals surface area contributed by atoms with Crippen molar-refractivity contribution in [1.29, 1.82) is 0 Å². The summed E-state index contributed by atoms with van der Waals surface area (Å²) >= 11 is 0. The largest absolute Gasteiger partial charge is 0.489 e. The van der Waals surface area contributed by atoms with Crippen LogP contribution in [0.4, 0.5) is 14.5 Å². The number of amides is 2. The molecule has 8 heteroatoms. The van der Waals surface area contributed by atoms with Gasteiger partial charge in [-0.3, -0.25) is 9.59 Å². The van der Waals surface area contributed by atoms with Crippen LogP contribution in [0.5, 0.6) is 5.75 Å². The second-order valence-electron chi connectivity index (χ2n) is 6.80. The molecule has 0 radical (unpaired) electrons. The highest BCUT2D eigenvalue weighted by Crippen LogP contribution is 2.27. The molecule has 1 atom stereocenters. The third kappa shape index (κ3) is 5.74. The molecule has 3 rings (SSSR count). The average Bonchev–Trinajstić information content (AvgIpc) is 3.20. The SMILES string of the molecule is Cc1ccc(NC(=O)CNC(=O)c2ccc(F)cc2F)c(OCC2CCCO2)c1. The second-order valence-corrected chi connectivity index (χ2v) is 6.80. The zero-order valence-electron chi connectivity index (χ0n) is 16.0. The van der Waals surface area contributed by atoms with Gasteiger partial charge in [0, 0.05) is 12.7 Å². The van der Waals surface area contributed by atoms with Crippen LogP contribution in [0.15, 0.2) is 36.4 Å². The van der Waals surface area contributed by atoms with E-state index in [2.05, 4.69) is 10.6 Å². The lowest BCUT2D eigenvalue weighted by molar-refractivity contribution is -0.115. The molecule has 1 unspecified atom stereocenters. The summed E-state index contributed by atoms with van der Waals surface area (Å²) in [6.45, 7) is 2.63. The molecule has 1 heterocycles. The van der Waals surface area contributed by atoms with Crippen molar-refractivity contribution < 1.29 is 27.8 Å². The van der Waals surface area contributed by atoms with Crippen LogP contribution in [0.25, 0.3) is 0 Å². The minimum absolute atomic E-state index is 0.0314. The van der Waals surface area contributed by atoms with Crippen molar-refractivity contribution in [2.75, 3.05) is 25.1 Å². The lowest BCUT2D eigenvalue weighted by Gasteiger charge is -2.16. The van der Waals surface area contributed by atoms with Gasteiger partial charge in [0.25, 0.3) is 5.91 Å². The van der Waals surface area contributed by atoms with E-state index in [9.17, 15) is 18.4 Å². The number of rotatable bonds is 7. The van der Waals surface area contributed by atoms with E-state index in [1.807, 2.05) is 13.0 Å². The highest BCUT2D eigenvalue weighted by Gasteiger charge is 2.18. The molecule has 2 aromatic rings. The van der Waals surface area contributed by atoms with E-state index in [4.69, 9.17) is 9.47 Å². The van der Waals surface area contributed by atoms with Gasteiger partial charge < -0.3 is 20.1 Å². The lowest BCUT2D eigenvalue weighted by Crippen LogP contribution is -2.33. The molecule has 1 fully saturated rings. The quantitative estimate of drug-likeness (QED) is 0.743. The molecule has 154 valence electrons. The molecule has 6 nitrogen and oxygen atoms in total. The molecule has 0 bridgehead atoms. The summed E-state index contributed by atoms with van der Waals surface area (Å²) in [6, 6.07) is 7.94. The number of anilines is 1. The van der Waals surface area contributed by atoms with E-state index in [0.717, 1.165) is 37.1 Å². The molecule has 1 saturated heterocycles. The number of carbonyl (C=O) groups excluding carboxylic acids is 2. The first kappa shape index (κ1) is 20.7. The maximum atomic E-state index is 13.6. The lowest BCUT2D eigenvalue weighted by atomic mass is 10.2. The van der Waals surface area contributed by atoms with Gasteiger partial charge in [0.2, 0.25) is 5.91 Å². The van der Waals surface area contributed by atoms with Crippen molar-refractivity contribution in [3.8, 4) is 5.75 Å². The molecule has 2 aromatic carbocycles. The second kappa shape index (κ2) is 9.47. The van der Waals surface area contributed by atoms with Crippen molar-refractivity contribution in [2.24, 2.45) is 0 Å². The predicted octanol–water partition coefficient (Wildman–Crippen LogP) is 3.20. The molecule has 2 amide bonds. The number of hydrogen-bond acceptors (Lipinski definition) is 4.